The zero-order valence-electron chi connectivity index (χ0n) is 14.1. The lowest BCUT2D eigenvalue weighted by Gasteiger charge is -2.17. The quantitative estimate of drug-likeness (QED) is 0.744. The average Bonchev–Trinajstić information content (AvgIpc) is 3.37. The highest BCUT2D eigenvalue weighted by atomic mass is 16.2. The van der Waals surface area contributed by atoms with Crippen molar-refractivity contribution < 1.29 is 9.59 Å². The maximum atomic E-state index is 12.4. The molecule has 1 saturated heterocycles. The highest BCUT2D eigenvalue weighted by Gasteiger charge is 2.35. The van der Waals surface area contributed by atoms with Crippen molar-refractivity contribution in [3.63, 3.8) is 0 Å². The van der Waals surface area contributed by atoms with Crippen LogP contribution in [-0.4, -0.2) is 42.9 Å². The lowest BCUT2D eigenvalue weighted by Crippen LogP contribution is -2.31. The Labute approximate surface area is 143 Å². The lowest BCUT2D eigenvalue weighted by atomic mass is 9.89. The van der Waals surface area contributed by atoms with Gasteiger partial charge in [-0.1, -0.05) is 30.3 Å². The van der Waals surface area contributed by atoms with Crippen LogP contribution in [-0.2, 0) is 9.59 Å². The molecule has 1 heterocycles. The van der Waals surface area contributed by atoms with Crippen molar-refractivity contribution >= 4 is 11.8 Å². The minimum absolute atomic E-state index is 0.149. The summed E-state index contributed by atoms with van der Waals surface area (Å²) in [5, 5.41) is 2.92. The van der Waals surface area contributed by atoms with Gasteiger partial charge in [0, 0.05) is 37.9 Å². The molecule has 5 heteroatoms. The van der Waals surface area contributed by atoms with Crippen molar-refractivity contribution in [1.82, 2.24) is 10.2 Å². The second kappa shape index (κ2) is 7.79. The Kier molecular flexibility index (Phi) is 5.51. The van der Waals surface area contributed by atoms with E-state index in [9.17, 15) is 9.59 Å². The van der Waals surface area contributed by atoms with E-state index in [0.717, 1.165) is 25.9 Å². The van der Waals surface area contributed by atoms with E-state index >= 15 is 0 Å². The van der Waals surface area contributed by atoms with Gasteiger partial charge in [0.1, 0.15) is 0 Å². The molecule has 3 rings (SSSR count). The molecule has 1 aliphatic carbocycles. The van der Waals surface area contributed by atoms with Crippen molar-refractivity contribution in [3.05, 3.63) is 35.9 Å². The number of carbonyl (C=O) groups is 2. The third kappa shape index (κ3) is 4.15. The van der Waals surface area contributed by atoms with Crippen LogP contribution in [0.4, 0.5) is 0 Å². The number of rotatable bonds is 7. The first-order valence-electron chi connectivity index (χ1n) is 8.99. The minimum Gasteiger partial charge on any atom is -0.356 e. The average molecular weight is 329 g/mol. The molecule has 0 unspecified atom stereocenters. The van der Waals surface area contributed by atoms with Gasteiger partial charge >= 0.3 is 0 Å². The molecule has 2 atom stereocenters. The molecule has 130 valence electrons. The predicted octanol–water partition coefficient (Wildman–Crippen LogP) is 1.49. The summed E-state index contributed by atoms with van der Waals surface area (Å²) in [5.41, 5.74) is 7.19. The van der Waals surface area contributed by atoms with Gasteiger partial charge in [-0.05, 0) is 37.3 Å². The standard InChI is InChI=1S/C19H27N3O2/c20-11-16-12-22(13-17(16)14-5-2-1-3-6-14)18(23)7-4-10-21-19(24)15-8-9-15/h1-3,5-6,15-17H,4,7-13,20H2,(H,21,24)/t16-,17+/m1/s1. The van der Waals surface area contributed by atoms with E-state index < -0.39 is 0 Å². The Hall–Kier alpha value is -1.88. The van der Waals surface area contributed by atoms with Crippen LogP contribution < -0.4 is 11.1 Å². The summed E-state index contributed by atoms with van der Waals surface area (Å²) >= 11 is 0. The summed E-state index contributed by atoms with van der Waals surface area (Å²) in [4.78, 5) is 26.0. The van der Waals surface area contributed by atoms with Gasteiger partial charge in [0.05, 0.1) is 0 Å². The van der Waals surface area contributed by atoms with Crippen LogP contribution in [0.25, 0.3) is 0 Å². The van der Waals surface area contributed by atoms with E-state index in [-0.39, 0.29) is 17.7 Å². The van der Waals surface area contributed by atoms with Gasteiger partial charge in [0.15, 0.2) is 0 Å². The zero-order valence-corrected chi connectivity index (χ0v) is 14.1. The molecule has 0 aromatic heterocycles. The van der Waals surface area contributed by atoms with Gasteiger partial charge in [-0.3, -0.25) is 9.59 Å². The van der Waals surface area contributed by atoms with Gasteiger partial charge in [0.25, 0.3) is 0 Å². The second-order valence-electron chi connectivity index (χ2n) is 6.98. The maximum Gasteiger partial charge on any atom is 0.223 e. The molecule has 1 aromatic rings. The summed E-state index contributed by atoms with van der Waals surface area (Å²) < 4.78 is 0. The normalized spacial score (nSPS) is 23.3. The van der Waals surface area contributed by atoms with Crippen LogP contribution in [0.1, 0.15) is 37.2 Å². The molecule has 0 spiro atoms. The van der Waals surface area contributed by atoms with E-state index in [2.05, 4.69) is 17.4 Å². The van der Waals surface area contributed by atoms with E-state index in [0.29, 0.717) is 37.8 Å². The van der Waals surface area contributed by atoms with E-state index in [1.54, 1.807) is 0 Å². The van der Waals surface area contributed by atoms with Crippen LogP contribution in [0.3, 0.4) is 0 Å². The number of nitrogens with one attached hydrogen (secondary N) is 1. The van der Waals surface area contributed by atoms with Crippen LogP contribution in [0.5, 0.6) is 0 Å². The Bertz CT molecular complexity index is 571. The molecule has 2 fully saturated rings. The molecule has 0 radical (unpaired) electrons. The lowest BCUT2D eigenvalue weighted by molar-refractivity contribution is -0.130. The number of amides is 2. The van der Waals surface area contributed by atoms with E-state index in [4.69, 9.17) is 5.73 Å². The van der Waals surface area contributed by atoms with Crippen molar-refractivity contribution in [2.75, 3.05) is 26.2 Å². The molecular formula is C19H27N3O2. The molecule has 5 nitrogen and oxygen atoms in total. The number of nitrogens with zero attached hydrogens (tertiary/aromatic N) is 1. The molecule has 1 aromatic carbocycles. The Morgan fingerprint density at radius 3 is 2.58 bits per heavy atom. The molecule has 24 heavy (non-hydrogen) atoms. The second-order valence-corrected chi connectivity index (χ2v) is 6.98. The van der Waals surface area contributed by atoms with Crippen molar-refractivity contribution in [1.29, 1.82) is 0 Å². The smallest absolute Gasteiger partial charge is 0.223 e. The molecule has 2 amide bonds. The number of carbonyl (C=O) groups excluding carboxylic acids is 2. The molecular weight excluding hydrogens is 302 g/mol. The topological polar surface area (TPSA) is 75.4 Å². The SMILES string of the molecule is NC[C@@H]1CN(C(=O)CCCNC(=O)C2CC2)C[C@H]1c1ccccc1. The molecule has 3 N–H and O–H groups in total. The summed E-state index contributed by atoms with van der Waals surface area (Å²) in [6.07, 6.45) is 3.22. The van der Waals surface area contributed by atoms with Gasteiger partial charge in [-0.2, -0.15) is 0 Å². The zero-order chi connectivity index (χ0) is 16.9. The monoisotopic (exact) mass is 329 g/mol. The van der Waals surface area contributed by atoms with Gasteiger partial charge in [0.2, 0.25) is 11.8 Å². The van der Waals surface area contributed by atoms with Crippen LogP contribution in [0.2, 0.25) is 0 Å². The van der Waals surface area contributed by atoms with Gasteiger partial charge in [-0.15, -0.1) is 0 Å². The number of benzene rings is 1. The van der Waals surface area contributed by atoms with Crippen molar-refractivity contribution in [2.45, 2.75) is 31.6 Å². The molecule has 0 bridgehead atoms. The largest absolute Gasteiger partial charge is 0.356 e. The van der Waals surface area contributed by atoms with Crippen LogP contribution in [0.15, 0.2) is 30.3 Å². The highest BCUT2D eigenvalue weighted by molar-refractivity contribution is 5.81. The third-order valence-corrected chi connectivity index (χ3v) is 5.14. The van der Waals surface area contributed by atoms with Gasteiger partial charge < -0.3 is 16.0 Å². The Morgan fingerprint density at radius 2 is 1.92 bits per heavy atom. The number of hydrogen-bond donors (Lipinski definition) is 2. The summed E-state index contributed by atoms with van der Waals surface area (Å²) in [7, 11) is 0. The third-order valence-electron chi connectivity index (χ3n) is 5.14. The first-order chi connectivity index (χ1) is 11.7. The van der Waals surface area contributed by atoms with Crippen LogP contribution >= 0.6 is 0 Å². The molecule has 2 aliphatic rings. The fraction of sp³-hybridized carbons (Fsp3) is 0.579. The van der Waals surface area contributed by atoms with Crippen molar-refractivity contribution in [2.24, 2.45) is 17.6 Å². The summed E-state index contributed by atoms with van der Waals surface area (Å²) in [6.45, 7) is 2.68. The minimum atomic E-state index is 0.149. The Balaban J connectivity index is 1.46. The predicted molar refractivity (Wildman–Crippen MR) is 93.3 cm³/mol. The fourth-order valence-corrected chi connectivity index (χ4v) is 3.49. The number of likely N-dealkylation sites (tertiary alicyclic amines) is 1. The van der Waals surface area contributed by atoms with Crippen molar-refractivity contribution in [3.8, 4) is 0 Å². The number of nitrogens with two attached hydrogens (primary N) is 1. The first-order valence-corrected chi connectivity index (χ1v) is 8.99. The molecule has 1 saturated carbocycles. The highest BCUT2D eigenvalue weighted by Crippen LogP contribution is 2.32. The maximum absolute atomic E-state index is 12.4. The first kappa shape index (κ1) is 17.0. The van der Waals surface area contributed by atoms with E-state index in [1.165, 1.54) is 5.56 Å². The van der Waals surface area contributed by atoms with Crippen LogP contribution in [0, 0.1) is 11.8 Å². The van der Waals surface area contributed by atoms with E-state index in [1.807, 2.05) is 23.1 Å². The Morgan fingerprint density at radius 1 is 1.17 bits per heavy atom. The van der Waals surface area contributed by atoms with Gasteiger partial charge in [-0.25, -0.2) is 0 Å². The molecule has 1 aliphatic heterocycles. The number of hydrogen-bond acceptors (Lipinski definition) is 3. The summed E-state index contributed by atoms with van der Waals surface area (Å²) in [6, 6.07) is 10.3. The fourth-order valence-electron chi connectivity index (χ4n) is 3.49. The summed E-state index contributed by atoms with van der Waals surface area (Å²) in [5.74, 6) is 1.21.